The largest absolute Gasteiger partial charge is 0.462 e. The van der Waals surface area contributed by atoms with Crippen LogP contribution in [0, 0.1) is 11.7 Å². The fraction of sp³-hybridized carbons (Fsp3) is 0.429. The molecule has 2 N–H and O–H groups in total. The summed E-state index contributed by atoms with van der Waals surface area (Å²) in [5, 5.41) is 5.17. The normalized spacial score (nSPS) is 19.2. The Balaban J connectivity index is 1.80. The predicted octanol–water partition coefficient (Wildman–Crippen LogP) is 2.98. The van der Waals surface area contributed by atoms with Crippen LogP contribution >= 0.6 is 11.3 Å². The lowest BCUT2D eigenvalue weighted by Gasteiger charge is -2.27. The third-order valence-corrected chi connectivity index (χ3v) is 5.85. The summed E-state index contributed by atoms with van der Waals surface area (Å²) in [5.41, 5.74) is 1.67. The number of nitrogens with one attached hydrogen (secondary N) is 2. The Morgan fingerprint density at radius 2 is 2.07 bits per heavy atom. The maximum Gasteiger partial charge on any atom is 0.341 e. The van der Waals surface area contributed by atoms with Crippen LogP contribution < -0.4 is 10.2 Å². The van der Waals surface area contributed by atoms with Crippen molar-refractivity contribution in [3.05, 3.63) is 41.0 Å². The quantitative estimate of drug-likeness (QED) is 0.727. The number of anilines is 1. The summed E-state index contributed by atoms with van der Waals surface area (Å²) in [7, 11) is 0. The summed E-state index contributed by atoms with van der Waals surface area (Å²) in [6.45, 7) is 6.56. The fourth-order valence-electron chi connectivity index (χ4n) is 3.65. The van der Waals surface area contributed by atoms with Crippen molar-refractivity contribution in [3.63, 3.8) is 0 Å². The topological polar surface area (TPSA) is 59.8 Å². The maximum atomic E-state index is 13.3. The second kappa shape index (κ2) is 9.30. The number of carbonyl (C=O) groups excluding carboxylic acids is 2. The lowest BCUT2D eigenvalue weighted by Crippen LogP contribution is -3.14. The van der Waals surface area contributed by atoms with Gasteiger partial charge in [-0.25, -0.2) is 9.18 Å². The minimum absolute atomic E-state index is 0.109. The first-order valence-corrected chi connectivity index (χ1v) is 10.5. The molecule has 0 aliphatic carbocycles. The number of quaternary nitrogens is 1. The highest BCUT2D eigenvalue weighted by Crippen LogP contribution is 2.36. The SMILES string of the molecule is CCOC(=O)c1c(-c2ccc(F)cc2)csc1NC(=O)C[NH+]1CCC[C@H](C)C1. The van der Waals surface area contributed by atoms with Gasteiger partial charge >= 0.3 is 5.97 Å². The van der Waals surface area contributed by atoms with Gasteiger partial charge in [-0.2, -0.15) is 0 Å². The zero-order valence-corrected chi connectivity index (χ0v) is 17.0. The summed E-state index contributed by atoms with van der Waals surface area (Å²) in [4.78, 5) is 26.4. The van der Waals surface area contributed by atoms with Crippen molar-refractivity contribution in [3.8, 4) is 11.1 Å². The average Bonchev–Trinajstić information content (AvgIpc) is 3.06. The van der Waals surface area contributed by atoms with Gasteiger partial charge in [0.1, 0.15) is 16.4 Å². The summed E-state index contributed by atoms with van der Waals surface area (Å²) in [6, 6.07) is 5.93. The molecule has 5 nitrogen and oxygen atoms in total. The van der Waals surface area contributed by atoms with Crippen LogP contribution in [0.15, 0.2) is 29.6 Å². The summed E-state index contributed by atoms with van der Waals surface area (Å²) >= 11 is 1.28. The van der Waals surface area contributed by atoms with E-state index < -0.39 is 5.97 Å². The number of hydrogen-bond acceptors (Lipinski definition) is 4. The highest BCUT2D eigenvalue weighted by molar-refractivity contribution is 7.15. The molecule has 7 heteroatoms. The van der Waals surface area contributed by atoms with Gasteiger partial charge in [-0.1, -0.05) is 19.1 Å². The number of amides is 1. The number of esters is 1. The summed E-state index contributed by atoms with van der Waals surface area (Å²) in [5.74, 6) is -0.318. The number of piperidine rings is 1. The minimum atomic E-state index is -0.489. The molecule has 0 bridgehead atoms. The number of carbonyl (C=O) groups is 2. The number of benzene rings is 1. The molecular weight excluding hydrogens is 379 g/mol. The van der Waals surface area contributed by atoms with Crippen molar-refractivity contribution < 1.29 is 23.6 Å². The Kier molecular flexibility index (Phi) is 6.80. The molecule has 1 unspecified atom stereocenters. The Bertz CT molecular complexity index is 835. The number of likely N-dealkylation sites (tertiary alicyclic amines) is 1. The van der Waals surface area contributed by atoms with E-state index in [1.807, 2.05) is 0 Å². The average molecular weight is 406 g/mol. The first-order valence-electron chi connectivity index (χ1n) is 9.66. The number of rotatable bonds is 6. The number of thiophene rings is 1. The molecule has 1 fully saturated rings. The van der Waals surface area contributed by atoms with Gasteiger partial charge in [-0.15, -0.1) is 11.3 Å². The van der Waals surface area contributed by atoms with Crippen LogP contribution in [0.4, 0.5) is 9.39 Å². The van der Waals surface area contributed by atoms with E-state index in [0.29, 0.717) is 34.2 Å². The standard InChI is InChI=1S/C21H25FN2O3S/c1-3-27-21(26)19-17(15-6-8-16(22)9-7-15)13-28-20(19)23-18(25)12-24-10-4-5-14(2)11-24/h6-9,13-14H,3-5,10-12H2,1-2H3,(H,23,25)/p+1/t14-/m0/s1. The van der Waals surface area contributed by atoms with E-state index in [4.69, 9.17) is 4.74 Å². The molecule has 150 valence electrons. The molecule has 1 aromatic heterocycles. The Morgan fingerprint density at radius 1 is 1.32 bits per heavy atom. The third-order valence-electron chi connectivity index (χ3n) is 4.95. The second-order valence-electron chi connectivity index (χ2n) is 7.26. The zero-order valence-electron chi connectivity index (χ0n) is 16.2. The fourth-order valence-corrected chi connectivity index (χ4v) is 4.63. The van der Waals surface area contributed by atoms with E-state index in [1.165, 1.54) is 34.8 Å². The van der Waals surface area contributed by atoms with Crippen LogP contribution in [0.5, 0.6) is 0 Å². The van der Waals surface area contributed by atoms with E-state index >= 15 is 0 Å². The van der Waals surface area contributed by atoms with Gasteiger partial charge in [0.05, 0.1) is 19.7 Å². The van der Waals surface area contributed by atoms with Crippen molar-refractivity contribution in [1.29, 1.82) is 0 Å². The highest BCUT2D eigenvalue weighted by atomic mass is 32.1. The predicted molar refractivity (Wildman–Crippen MR) is 108 cm³/mol. The first kappa shape index (κ1) is 20.5. The van der Waals surface area contributed by atoms with Crippen LogP contribution in [0.1, 0.15) is 37.0 Å². The van der Waals surface area contributed by atoms with Crippen molar-refractivity contribution in [2.24, 2.45) is 5.92 Å². The van der Waals surface area contributed by atoms with Gasteiger partial charge in [0.2, 0.25) is 0 Å². The minimum Gasteiger partial charge on any atom is -0.462 e. The Labute approximate surface area is 168 Å². The monoisotopic (exact) mass is 405 g/mol. The Morgan fingerprint density at radius 3 is 2.75 bits per heavy atom. The van der Waals surface area contributed by atoms with E-state index in [2.05, 4.69) is 12.2 Å². The zero-order chi connectivity index (χ0) is 20.1. The van der Waals surface area contributed by atoms with Crippen LogP contribution in [-0.4, -0.2) is 38.1 Å². The van der Waals surface area contributed by atoms with E-state index in [0.717, 1.165) is 19.5 Å². The maximum absolute atomic E-state index is 13.3. The second-order valence-corrected chi connectivity index (χ2v) is 8.14. The number of halogens is 1. The van der Waals surface area contributed by atoms with E-state index in [-0.39, 0.29) is 18.3 Å². The first-order chi connectivity index (χ1) is 13.5. The third kappa shape index (κ3) is 4.97. The van der Waals surface area contributed by atoms with Gasteiger partial charge in [-0.05, 0) is 37.5 Å². The van der Waals surface area contributed by atoms with Crippen LogP contribution in [0.3, 0.4) is 0 Å². The highest BCUT2D eigenvalue weighted by Gasteiger charge is 2.26. The molecule has 2 aromatic rings. The lowest BCUT2D eigenvalue weighted by molar-refractivity contribution is -0.900. The van der Waals surface area contributed by atoms with Crippen molar-refractivity contribution in [2.75, 3.05) is 31.6 Å². The van der Waals surface area contributed by atoms with E-state index in [1.54, 1.807) is 24.4 Å². The Hall–Kier alpha value is -2.25. The van der Waals surface area contributed by atoms with Crippen LogP contribution in [-0.2, 0) is 9.53 Å². The molecular formula is C21H26FN2O3S+. The molecule has 3 rings (SSSR count). The molecule has 1 saturated heterocycles. The molecule has 1 aliphatic rings. The number of ether oxygens (including phenoxy) is 1. The molecule has 1 aromatic carbocycles. The molecule has 0 saturated carbocycles. The van der Waals surface area contributed by atoms with Gasteiger partial charge < -0.3 is 15.0 Å². The molecule has 0 spiro atoms. The van der Waals surface area contributed by atoms with Crippen LogP contribution in [0.2, 0.25) is 0 Å². The van der Waals surface area contributed by atoms with Crippen LogP contribution in [0.25, 0.3) is 11.1 Å². The van der Waals surface area contributed by atoms with Gasteiger partial charge in [0.15, 0.2) is 6.54 Å². The molecule has 0 radical (unpaired) electrons. The number of hydrogen-bond donors (Lipinski definition) is 2. The smallest absolute Gasteiger partial charge is 0.341 e. The van der Waals surface area contributed by atoms with Crippen molar-refractivity contribution in [1.82, 2.24) is 0 Å². The van der Waals surface area contributed by atoms with Crippen molar-refractivity contribution >= 4 is 28.2 Å². The molecule has 1 aliphatic heterocycles. The van der Waals surface area contributed by atoms with E-state index in [9.17, 15) is 14.0 Å². The van der Waals surface area contributed by atoms with Crippen molar-refractivity contribution in [2.45, 2.75) is 26.7 Å². The summed E-state index contributed by atoms with van der Waals surface area (Å²) in [6.07, 6.45) is 2.34. The molecule has 28 heavy (non-hydrogen) atoms. The van der Waals surface area contributed by atoms with Gasteiger partial charge in [0.25, 0.3) is 5.91 Å². The van der Waals surface area contributed by atoms with Gasteiger partial charge in [-0.3, -0.25) is 4.79 Å². The lowest BCUT2D eigenvalue weighted by atomic mass is 10.0. The molecule has 2 heterocycles. The summed E-state index contributed by atoms with van der Waals surface area (Å²) < 4.78 is 18.5. The van der Waals surface area contributed by atoms with Gasteiger partial charge in [0, 0.05) is 16.9 Å². The molecule has 2 atom stereocenters. The molecule has 1 amide bonds.